The Bertz CT molecular complexity index is 2400. The Morgan fingerprint density at radius 3 is 2.56 bits per heavy atom. The number of thiazole rings is 1. The summed E-state index contributed by atoms with van der Waals surface area (Å²) in [6.45, 7) is 10.7. The lowest BCUT2D eigenvalue weighted by Gasteiger charge is -2.31. The highest BCUT2D eigenvalue weighted by Crippen LogP contribution is 2.35. The Labute approximate surface area is 346 Å². The molecule has 8 rings (SSSR count). The van der Waals surface area contributed by atoms with E-state index in [1.54, 1.807) is 29.5 Å². The highest BCUT2D eigenvalue weighted by Gasteiger charge is 2.43. The topological polar surface area (TPSA) is 183 Å². The third kappa shape index (κ3) is 8.73. The minimum absolute atomic E-state index is 0.0561. The first-order valence-electron chi connectivity index (χ1n) is 20.3. The summed E-state index contributed by atoms with van der Waals surface area (Å²) in [5, 5.41) is 37.8. The van der Waals surface area contributed by atoms with Crippen LogP contribution in [0.2, 0.25) is 0 Å². The molecule has 4 atom stereocenters. The number of hydrogen-bond donors (Lipinski definition) is 4. The van der Waals surface area contributed by atoms with Gasteiger partial charge in [-0.25, -0.2) is 4.98 Å². The fraction of sp³-hybridized carbons (Fsp3) is 0.409. The van der Waals surface area contributed by atoms with E-state index in [0.717, 1.165) is 64.4 Å². The van der Waals surface area contributed by atoms with Crippen LogP contribution in [0.5, 0.6) is 11.6 Å². The van der Waals surface area contributed by atoms with Gasteiger partial charge in [-0.2, -0.15) is 0 Å². The van der Waals surface area contributed by atoms with Gasteiger partial charge in [0.05, 0.1) is 33.9 Å². The average Bonchev–Trinajstić information content (AvgIpc) is 4.05. The smallest absolute Gasteiger partial charge is 0.254 e. The molecule has 0 bridgehead atoms. The summed E-state index contributed by atoms with van der Waals surface area (Å²) in [4.78, 5) is 40.6. The van der Waals surface area contributed by atoms with E-state index in [0.29, 0.717) is 42.0 Å². The predicted octanol–water partition coefficient (Wildman–Crippen LogP) is 6.59. The molecule has 0 aliphatic carbocycles. The molecule has 14 nitrogen and oxygen atoms in total. The van der Waals surface area contributed by atoms with E-state index in [9.17, 15) is 19.8 Å². The third-order valence-electron chi connectivity index (χ3n) is 11.6. The second kappa shape index (κ2) is 17.3. The van der Waals surface area contributed by atoms with Crippen LogP contribution in [0.25, 0.3) is 32.7 Å². The summed E-state index contributed by atoms with van der Waals surface area (Å²) >= 11 is 1.59. The summed E-state index contributed by atoms with van der Waals surface area (Å²) in [5.41, 5.74) is 7.97. The van der Waals surface area contributed by atoms with Crippen molar-refractivity contribution in [1.82, 2.24) is 40.4 Å². The quantitative estimate of drug-likeness (QED) is 0.0987. The number of aryl methyl sites for hydroxylation is 1. The maximum absolute atomic E-state index is 14.2. The monoisotopic (exact) mass is 818 g/mol. The number of para-hydroxylation sites is 1. The molecule has 6 aromatic rings. The number of H-pyrrole nitrogens is 1. The number of aliphatic hydroxyl groups excluding tert-OH is 1. The summed E-state index contributed by atoms with van der Waals surface area (Å²) in [6.07, 6.45) is 1.28. The molecule has 15 heteroatoms. The molecule has 2 fully saturated rings. The first-order chi connectivity index (χ1) is 28.5. The molecule has 2 amide bonds. The fourth-order valence-corrected chi connectivity index (χ4v) is 9.16. The van der Waals surface area contributed by atoms with Crippen molar-refractivity contribution in [2.45, 2.75) is 77.0 Å². The van der Waals surface area contributed by atoms with Crippen molar-refractivity contribution < 1.29 is 29.1 Å². The van der Waals surface area contributed by atoms with Gasteiger partial charge >= 0.3 is 0 Å². The molecule has 6 heterocycles. The Morgan fingerprint density at radius 1 is 1.05 bits per heavy atom. The second-order valence-electron chi connectivity index (χ2n) is 16.0. The maximum atomic E-state index is 14.2. The molecule has 2 aliphatic heterocycles. The molecule has 2 saturated heterocycles. The van der Waals surface area contributed by atoms with Crippen LogP contribution in [0, 0.1) is 12.8 Å². The number of nitrogens with zero attached hydrogens (tertiary/aromatic N) is 6. The molecule has 4 N–H and O–H groups in total. The molecule has 0 unspecified atom stereocenters. The van der Waals surface area contributed by atoms with Crippen molar-refractivity contribution in [2.24, 2.45) is 5.92 Å². The third-order valence-corrected chi connectivity index (χ3v) is 12.6. The number of carbonyl (C=O) groups is 2. The van der Waals surface area contributed by atoms with Crippen LogP contribution in [0.3, 0.4) is 0 Å². The van der Waals surface area contributed by atoms with Crippen LogP contribution in [0.1, 0.15) is 80.6 Å². The molecule has 59 heavy (non-hydrogen) atoms. The first-order valence-corrected chi connectivity index (χ1v) is 21.2. The number of benzene rings is 2. The number of aliphatic hydroxyl groups is 1. The van der Waals surface area contributed by atoms with Crippen LogP contribution >= 0.6 is 11.3 Å². The van der Waals surface area contributed by atoms with Crippen LogP contribution in [0.15, 0.2) is 76.8 Å². The van der Waals surface area contributed by atoms with Gasteiger partial charge in [-0.05, 0) is 86.2 Å². The Morgan fingerprint density at radius 2 is 1.83 bits per heavy atom. The van der Waals surface area contributed by atoms with E-state index in [1.807, 2.05) is 75.7 Å². The number of aromatic amines is 1. The van der Waals surface area contributed by atoms with Crippen LogP contribution in [-0.2, 0) is 9.59 Å². The van der Waals surface area contributed by atoms with Crippen molar-refractivity contribution >= 4 is 34.2 Å². The summed E-state index contributed by atoms with van der Waals surface area (Å²) < 4.78 is 11.7. The Balaban J connectivity index is 0.831. The van der Waals surface area contributed by atoms with Gasteiger partial charge < -0.3 is 34.7 Å². The number of ether oxygens (including phenoxy) is 1. The van der Waals surface area contributed by atoms with E-state index in [2.05, 4.69) is 41.6 Å². The predicted molar refractivity (Wildman–Crippen MR) is 224 cm³/mol. The molecule has 0 radical (unpaired) electrons. The van der Waals surface area contributed by atoms with Crippen molar-refractivity contribution in [3.05, 3.63) is 95.0 Å². The number of aromatic hydroxyl groups is 1. The van der Waals surface area contributed by atoms with Crippen molar-refractivity contribution in [1.29, 1.82) is 0 Å². The normalized spacial score (nSPS) is 18.7. The van der Waals surface area contributed by atoms with Crippen molar-refractivity contribution in [3.63, 3.8) is 0 Å². The van der Waals surface area contributed by atoms with Gasteiger partial charge in [0.25, 0.3) is 5.88 Å². The van der Waals surface area contributed by atoms with E-state index in [-0.39, 0.29) is 42.5 Å². The molecule has 4 aromatic heterocycles. The number of phenolic OH excluding ortho intramolecular Hbond substituents is 1. The van der Waals surface area contributed by atoms with Crippen LogP contribution in [0.4, 0.5) is 0 Å². The lowest BCUT2D eigenvalue weighted by atomic mass is 9.91. The van der Waals surface area contributed by atoms with Gasteiger partial charge in [0, 0.05) is 48.1 Å². The Hall–Kier alpha value is -5.64. The number of rotatable bonds is 13. The number of β-amino-alcohol motifs (C(OH)–C–C–N with tert-alkyl or cyclic N) is 1. The SMILES string of the molecule is Cc1ncsc1-c1ccc([C@H](C)NC(=O)[C@@H]2C[C@@H](O)CN2C(=O)[C@@H](c2cc(OCCN3CCC(c4cc5cc(-c6ccccc6O)nnc5[nH]4)CC3)no2)C(C)C)cc1. The second-order valence-corrected chi connectivity index (χ2v) is 16.9. The zero-order valence-electron chi connectivity index (χ0n) is 33.7. The summed E-state index contributed by atoms with van der Waals surface area (Å²) in [6, 6.07) is 19.8. The molecular weight excluding hydrogens is 769 g/mol. The maximum Gasteiger partial charge on any atom is 0.254 e. The number of amides is 2. The highest BCUT2D eigenvalue weighted by atomic mass is 32.1. The zero-order chi connectivity index (χ0) is 41.2. The zero-order valence-corrected chi connectivity index (χ0v) is 34.5. The first kappa shape index (κ1) is 40.2. The van der Waals surface area contributed by atoms with E-state index in [1.165, 1.54) is 4.90 Å². The number of piperidine rings is 1. The molecule has 2 aliphatic rings. The number of hydrogen-bond acceptors (Lipinski definition) is 12. The number of fused-ring (bicyclic) bond motifs is 1. The molecule has 2 aromatic carbocycles. The number of carbonyl (C=O) groups excluding carboxylic acids is 2. The van der Waals surface area contributed by atoms with E-state index < -0.39 is 18.1 Å². The van der Waals surface area contributed by atoms with Crippen molar-refractivity contribution in [2.75, 3.05) is 32.8 Å². The molecule has 308 valence electrons. The number of aromatic nitrogens is 5. The average molecular weight is 819 g/mol. The van der Waals surface area contributed by atoms with Crippen LogP contribution < -0.4 is 10.1 Å². The standard InChI is InChI=1S/C44H50N8O6S/c1-25(2)40(44(56)52-23-32(53)21-36(52)43(55)46-26(3)28-9-11-30(12-10-28)41-27(4)45-24-59-41)38-22-39(50-58-38)57-18-17-51-15-13-29(14-16-51)34-19-31-20-35(48-49-42(31)47-34)33-7-5-6-8-37(33)54/h5-12,19-20,22,24-26,29,32,36,40,53-54H,13-18,21,23H2,1-4H3,(H,46,55)(H,47,49)/t26-,32+,36-,40+/m0/s1. The summed E-state index contributed by atoms with van der Waals surface area (Å²) in [7, 11) is 0. The lowest BCUT2D eigenvalue weighted by Crippen LogP contribution is -2.48. The molecule has 0 saturated carbocycles. The van der Waals surface area contributed by atoms with Crippen molar-refractivity contribution in [3.8, 4) is 33.3 Å². The Kier molecular flexibility index (Phi) is 11.8. The highest BCUT2D eigenvalue weighted by molar-refractivity contribution is 7.13. The van der Waals surface area contributed by atoms with Gasteiger partial charge in [-0.1, -0.05) is 50.2 Å². The van der Waals surface area contributed by atoms with E-state index in [4.69, 9.17) is 9.26 Å². The van der Waals surface area contributed by atoms with Gasteiger partial charge in [-0.15, -0.1) is 21.5 Å². The molecular formula is C44H50N8O6S. The number of phenols is 1. The number of nitrogens with one attached hydrogen (secondary N) is 2. The minimum Gasteiger partial charge on any atom is -0.507 e. The minimum atomic E-state index is -0.823. The van der Waals surface area contributed by atoms with E-state index >= 15 is 0 Å². The number of likely N-dealkylation sites (tertiary alicyclic amines) is 2. The van der Waals surface area contributed by atoms with Gasteiger partial charge in [0.1, 0.15) is 24.3 Å². The fourth-order valence-electron chi connectivity index (χ4n) is 8.34. The van der Waals surface area contributed by atoms with Gasteiger partial charge in [-0.3, -0.25) is 14.5 Å². The van der Waals surface area contributed by atoms with Crippen LogP contribution in [-0.4, -0.2) is 102 Å². The largest absolute Gasteiger partial charge is 0.507 e. The summed E-state index contributed by atoms with van der Waals surface area (Å²) in [5.74, 6) is -0.291. The van der Waals surface area contributed by atoms with Gasteiger partial charge in [0.2, 0.25) is 11.8 Å². The lowest BCUT2D eigenvalue weighted by molar-refractivity contribution is -0.141. The molecule has 0 spiro atoms. The van der Waals surface area contributed by atoms with Gasteiger partial charge in [0.15, 0.2) is 11.4 Å².